The summed E-state index contributed by atoms with van der Waals surface area (Å²) in [7, 11) is 0. The number of carbonyl (C=O) groups excluding carboxylic acids is 2. The SMILES string of the molecule is CCOC(C)OC1CCC(C)(OC(C)OCC)C(OC(=O)N2CCC(N3CCCC3)CC2)C=CC(C)C(C(C)=CC=CC(C)(CC2OC2C(C)C(CC)OC(C)OCC)OC(C)OCC)OC(=O)C1. The first-order chi connectivity index (χ1) is 32.9. The van der Waals surface area contributed by atoms with Gasteiger partial charge in [-0.3, -0.25) is 4.79 Å². The third-order valence-corrected chi connectivity index (χ3v) is 14.1. The van der Waals surface area contributed by atoms with E-state index in [9.17, 15) is 9.59 Å². The fraction of sp³-hybridized carbons (Fsp3) is 0.852. The molecule has 3 fully saturated rings. The van der Waals surface area contributed by atoms with Crippen molar-refractivity contribution in [1.82, 2.24) is 9.80 Å². The van der Waals surface area contributed by atoms with Gasteiger partial charge in [-0.15, -0.1) is 0 Å². The highest BCUT2D eigenvalue weighted by Gasteiger charge is 2.49. The van der Waals surface area contributed by atoms with Crippen molar-refractivity contribution in [3.05, 3.63) is 36.0 Å². The topological polar surface area (TPSA) is 145 Å². The smallest absolute Gasteiger partial charge is 0.410 e. The number of hydrogen-bond donors (Lipinski definition) is 0. The molecule has 0 aromatic heterocycles. The highest BCUT2D eigenvalue weighted by atomic mass is 16.7. The Morgan fingerprint density at radius 2 is 1.49 bits per heavy atom. The molecule has 3 saturated heterocycles. The van der Waals surface area contributed by atoms with E-state index < -0.39 is 54.4 Å². The Bertz CT molecular complexity index is 1600. The summed E-state index contributed by atoms with van der Waals surface area (Å²) in [6.45, 7) is 33.0. The molecule has 14 atom stereocenters. The molecule has 1 amide bonds. The molecule has 0 spiro atoms. The highest BCUT2D eigenvalue weighted by molar-refractivity contribution is 5.70. The Hall–Kier alpha value is -2.44. The van der Waals surface area contributed by atoms with E-state index in [1.165, 1.54) is 12.8 Å². The van der Waals surface area contributed by atoms with Crippen LogP contribution in [0.2, 0.25) is 0 Å². The van der Waals surface area contributed by atoms with Gasteiger partial charge >= 0.3 is 12.1 Å². The second-order valence-corrected chi connectivity index (χ2v) is 19.9. The third kappa shape index (κ3) is 19.2. The maximum Gasteiger partial charge on any atom is 0.410 e. The van der Waals surface area contributed by atoms with Crippen molar-refractivity contribution in [3.63, 3.8) is 0 Å². The zero-order valence-corrected chi connectivity index (χ0v) is 45.1. The number of nitrogens with zero attached hydrogens (tertiary/aromatic N) is 2. The van der Waals surface area contributed by atoms with Gasteiger partial charge in [0.25, 0.3) is 0 Å². The van der Waals surface area contributed by atoms with Crippen LogP contribution in [0.4, 0.5) is 4.79 Å². The predicted molar refractivity (Wildman–Crippen MR) is 266 cm³/mol. The first kappa shape index (κ1) is 59.1. The Labute approximate surface area is 416 Å². The van der Waals surface area contributed by atoms with Crippen molar-refractivity contribution in [1.29, 1.82) is 0 Å². The van der Waals surface area contributed by atoms with Crippen molar-refractivity contribution in [2.75, 3.05) is 52.6 Å². The van der Waals surface area contributed by atoms with Crippen molar-refractivity contribution in [2.45, 2.75) is 234 Å². The molecule has 0 aromatic rings. The van der Waals surface area contributed by atoms with E-state index in [0.717, 1.165) is 37.9 Å². The van der Waals surface area contributed by atoms with E-state index in [2.05, 4.69) is 18.7 Å². The van der Waals surface area contributed by atoms with E-state index in [0.29, 0.717) is 64.8 Å². The van der Waals surface area contributed by atoms with Crippen molar-refractivity contribution in [2.24, 2.45) is 11.8 Å². The molecule has 15 nitrogen and oxygen atoms in total. The van der Waals surface area contributed by atoms with Gasteiger partial charge in [0.2, 0.25) is 0 Å². The minimum Gasteiger partial charge on any atom is -0.457 e. The van der Waals surface area contributed by atoms with Gasteiger partial charge in [0.05, 0.1) is 36.4 Å². The minimum absolute atomic E-state index is 0.0112. The van der Waals surface area contributed by atoms with Crippen LogP contribution in [-0.2, 0) is 56.9 Å². The average Bonchev–Trinajstić information content (AvgIpc) is 3.82. The van der Waals surface area contributed by atoms with Crippen LogP contribution < -0.4 is 0 Å². The van der Waals surface area contributed by atoms with E-state index in [1.807, 2.05) is 118 Å². The van der Waals surface area contributed by atoms with Crippen LogP contribution in [0.25, 0.3) is 0 Å². The fourth-order valence-corrected chi connectivity index (χ4v) is 10.4. The Morgan fingerprint density at radius 3 is 2.13 bits per heavy atom. The highest BCUT2D eigenvalue weighted by Crippen LogP contribution is 2.40. The number of cyclic esters (lactones) is 1. The number of piperidine rings is 1. The minimum atomic E-state index is -1.06. The van der Waals surface area contributed by atoms with E-state index in [4.69, 9.17) is 52.1 Å². The van der Waals surface area contributed by atoms with Gasteiger partial charge in [-0.05, 0) is 146 Å². The number of esters is 1. The molecular weight excluding hydrogens is 885 g/mol. The lowest BCUT2D eigenvalue weighted by Gasteiger charge is -2.41. The molecule has 0 aliphatic carbocycles. The standard InChI is InChI=1S/C54H94N2O13/c1-15-46(64-41(10)60-17-3)39(8)51-47(65-51)36-53(13,68-42(11)61-18-4)29-22-23-37(6)50-38(7)24-25-48(66-52(58)56-33-27-44(28-34-56)55-31-20-21-32-55)54(14,69-43(12)62-19-5)30-26-45(35-49(57)67-50)63-40(9)59-16-2/h22-25,29,38-48,50-51H,15-21,26-28,30-36H2,1-14H3. The molecule has 4 aliphatic rings. The molecule has 4 rings (SSSR count). The summed E-state index contributed by atoms with van der Waals surface area (Å²) in [4.78, 5) is 32.6. The molecule has 0 N–H and O–H groups in total. The molecule has 0 radical (unpaired) electrons. The van der Waals surface area contributed by atoms with Gasteiger partial charge in [0, 0.05) is 63.8 Å². The van der Waals surface area contributed by atoms with E-state index in [-0.39, 0.29) is 49.0 Å². The number of epoxide rings is 1. The summed E-state index contributed by atoms with van der Waals surface area (Å²) in [6.07, 6.45) is 11.9. The van der Waals surface area contributed by atoms with Gasteiger partial charge < -0.3 is 61.9 Å². The molecule has 0 aromatic carbocycles. The summed E-state index contributed by atoms with van der Waals surface area (Å²) >= 11 is 0. The second-order valence-electron chi connectivity index (χ2n) is 19.9. The van der Waals surface area contributed by atoms with Crippen LogP contribution in [0.15, 0.2) is 36.0 Å². The molecule has 15 heteroatoms. The number of hydrogen-bond acceptors (Lipinski definition) is 14. The van der Waals surface area contributed by atoms with Crippen LogP contribution in [-0.4, -0.2) is 153 Å². The number of rotatable bonds is 26. The first-order valence-electron chi connectivity index (χ1n) is 26.6. The first-order valence-corrected chi connectivity index (χ1v) is 26.6. The summed E-state index contributed by atoms with van der Waals surface area (Å²) in [5, 5.41) is 0. The summed E-state index contributed by atoms with van der Waals surface area (Å²) in [5.74, 6) is -0.586. The van der Waals surface area contributed by atoms with Gasteiger partial charge in [-0.2, -0.15) is 0 Å². The fourth-order valence-electron chi connectivity index (χ4n) is 10.4. The Kier molecular flexibility index (Phi) is 25.1. The van der Waals surface area contributed by atoms with Gasteiger partial charge in [0.15, 0.2) is 31.3 Å². The second kappa shape index (κ2) is 29.3. The molecule has 4 aliphatic heterocycles. The van der Waals surface area contributed by atoms with Crippen molar-refractivity contribution < 1.29 is 61.7 Å². The number of amides is 1. The van der Waals surface area contributed by atoms with Crippen molar-refractivity contribution in [3.8, 4) is 0 Å². The van der Waals surface area contributed by atoms with Crippen LogP contribution in [0.1, 0.15) is 155 Å². The lowest BCUT2D eigenvalue weighted by atomic mass is 9.88. The Balaban J connectivity index is 1.64. The third-order valence-electron chi connectivity index (χ3n) is 14.1. The number of allylic oxidation sites excluding steroid dienone is 2. The number of carbonyl (C=O) groups is 2. The quantitative estimate of drug-likeness (QED) is 0.0266. The molecule has 4 heterocycles. The lowest BCUT2D eigenvalue weighted by Crippen LogP contribution is -2.51. The summed E-state index contributed by atoms with van der Waals surface area (Å²) < 4.78 is 68.4. The molecule has 14 unspecified atom stereocenters. The average molecular weight is 979 g/mol. The number of ether oxygens (including phenoxy) is 11. The zero-order chi connectivity index (χ0) is 50.7. The largest absolute Gasteiger partial charge is 0.457 e. The van der Waals surface area contributed by atoms with Gasteiger partial charge in [0.1, 0.15) is 11.7 Å². The molecule has 398 valence electrons. The molecule has 0 saturated carbocycles. The van der Waals surface area contributed by atoms with Crippen LogP contribution in [0.5, 0.6) is 0 Å². The maximum absolute atomic E-state index is 14.2. The Morgan fingerprint density at radius 1 is 0.870 bits per heavy atom. The molecular formula is C54H94N2O13. The maximum atomic E-state index is 14.2. The monoisotopic (exact) mass is 979 g/mol. The van der Waals surface area contributed by atoms with Crippen LogP contribution >= 0.6 is 0 Å². The van der Waals surface area contributed by atoms with Crippen LogP contribution in [0.3, 0.4) is 0 Å². The lowest BCUT2D eigenvalue weighted by molar-refractivity contribution is -0.225. The predicted octanol–water partition coefficient (Wildman–Crippen LogP) is 9.90. The summed E-state index contributed by atoms with van der Waals surface area (Å²) in [6, 6.07) is 0.490. The van der Waals surface area contributed by atoms with E-state index >= 15 is 0 Å². The molecule has 0 bridgehead atoms. The zero-order valence-electron chi connectivity index (χ0n) is 45.1. The normalized spacial score (nSPS) is 30.4. The summed E-state index contributed by atoms with van der Waals surface area (Å²) in [5.41, 5.74) is -1.01. The van der Waals surface area contributed by atoms with Crippen molar-refractivity contribution >= 4 is 12.1 Å². The van der Waals surface area contributed by atoms with E-state index in [1.54, 1.807) is 0 Å². The van der Waals surface area contributed by atoms with Gasteiger partial charge in [-0.1, -0.05) is 45.1 Å². The van der Waals surface area contributed by atoms with Gasteiger partial charge in [-0.25, -0.2) is 4.79 Å². The number of likely N-dealkylation sites (tertiary alicyclic amines) is 2. The van der Waals surface area contributed by atoms with Crippen LogP contribution in [0, 0.1) is 11.8 Å². The molecule has 69 heavy (non-hydrogen) atoms.